The van der Waals surface area contributed by atoms with Gasteiger partial charge < -0.3 is 14.8 Å². The highest BCUT2D eigenvalue weighted by molar-refractivity contribution is 5.48. The van der Waals surface area contributed by atoms with Gasteiger partial charge in [-0.1, -0.05) is 72.8 Å². The molecule has 3 aromatic carbocycles. The molecule has 0 radical (unpaired) electrons. The summed E-state index contributed by atoms with van der Waals surface area (Å²) in [4.78, 5) is 0. The second-order valence-electron chi connectivity index (χ2n) is 6.87. The second-order valence-corrected chi connectivity index (χ2v) is 6.87. The van der Waals surface area contributed by atoms with Crippen LogP contribution < -0.4 is 14.8 Å². The zero-order chi connectivity index (χ0) is 18.3. The van der Waals surface area contributed by atoms with Crippen molar-refractivity contribution in [3.05, 3.63) is 95.6 Å². The molecule has 0 saturated carbocycles. The Bertz CT molecular complexity index is 843. The molecule has 3 heteroatoms. The smallest absolute Gasteiger partial charge is 0.166 e. The summed E-state index contributed by atoms with van der Waals surface area (Å²) in [5.41, 5.74) is 3.49. The van der Waals surface area contributed by atoms with Crippen molar-refractivity contribution in [3.8, 4) is 11.5 Å². The zero-order valence-electron chi connectivity index (χ0n) is 15.4. The average molecular weight is 359 g/mol. The molecule has 4 rings (SSSR count). The molecule has 1 aliphatic heterocycles. The van der Waals surface area contributed by atoms with E-state index in [-0.39, 0.29) is 0 Å². The van der Waals surface area contributed by atoms with E-state index < -0.39 is 0 Å². The quantitative estimate of drug-likeness (QED) is 0.623. The summed E-state index contributed by atoms with van der Waals surface area (Å²) in [6.07, 6.45) is 2.32. The first-order valence-electron chi connectivity index (χ1n) is 9.60. The van der Waals surface area contributed by atoms with Gasteiger partial charge in [-0.2, -0.15) is 0 Å². The standard InChI is InChI=1S/C24H25NO2/c1-3-9-19(10-4-1)17-26-23-15-7-13-21(22-14-8-16-25-22)24(23)27-18-20-11-5-2-6-12-20/h1-7,9-13,15,22,25H,8,14,16-18H2. The molecule has 3 nitrogen and oxygen atoms in total. The van der Waals surface area contributed by atoms with Crippen LogP contribution in [0.2, 0.25) is 0 Å². The van der Waals surface area contributed by atoms with E-state index in [0.717, 1.165) is 35.6 Å². The number of para-hydroxylation sites is 1. The van der Waals surface area contributed by atoms with E-state index in [1.54, 1.807) is 0 Å². The van der Waals surface area contributed by atoms with Crippen LogP contribution in [0.3, 0.4) is 0 Å². The van der Waals surface area contributed by atoms with Crippen LogP contribution in [0.5, 0.6) is 11.5 Å². The monoisotopic (exact) mass is 359 g/mol. The van der Waals surface area contributed by atoms with Crippen molar-refractivity contribution < 1.29 is 9.47 Å². The normalized spacial score (nSPS) is 16.2. The van der Waals surface area contributed by atoms with E-state index in [2.05, 4.69) is 41.7 Å². The second kappa shape index (κ2) is 8.74. The Morgan fingerprint density at radius 1 is 0.741 bits per heavy atom. The van der Waals surface area contributed by atoms with Crippen molar-refractivity contribution in [3.63, 3.8) is 0 Å². The third-order valence-corrected chi connectivity index (χ3v) is 4.91. The van der Waals surface area contributed by atoms with Crippen LogP contribution in [-0.2, 0) is 13.2 Å². The maximum Gasteiger partial charge on any atom is 0.166 e. The minimum Gasteiger partial charge on any atom is -0.485 e. The molecule has 27 heavy (non-hydrogen) atoms. The van der Waals surface area contributed by atoms with Gasteiger partial charge in [0, 0.05) is 11.6 Å². The van der Waals surface area contributed by atoms with Crippen molar-refractivity contribution in [2.75, 3.05) is 6.54 Å². The lowest BCUT2D eigenvalue weighted by molar-refractivity contribution is 0.252. The van der Waals surface area contributed by atoms with Gasteiger partial charge in [0.1, 0.15) is 13.2 Å². The van der Waals surface area contributed by atoms with Crippen LogP contribution >= 0.6 is 0 Å². The Labute approximate surface area is 161 Å². The lowest BCUT2D eigenvalue weighted by Crippen LogP contribution is -2.14. The first-order valence-corrected chi connectivity index (χ1v) is 9.60. The summed E-state index contributed by atoms with van der Waals surface area (Å²) in [7, 11) is 0. The molecular formula is C24H25NO2. The highest BCUT2D eigenvalue weighted by Gasteiger charge is 2.22. The maximum atomic E-state index is 6.29. The first-order chi connectivity index (χ1) is 13.4. The number of nitrogens with one attached hydrogen (secondary N) is 1. The van der Waals surface area contributed by atoms with Crippen LogP contribution in [0.4, 0.5) is 0 Å². The molecule has 1 aliphatic rings. The van der Waals surface area contributed by atoms with Gasteiger partial charge in [0.25, 0.3) is 0 Å². The van der Waals surface area contributed by atoms with Crippen molar-refractivity contribution in [2.24, 2.45) is 0 Å². The van der Waals surface area contributed by atoms with Gasteiger partial charge in [-0.3, -0.25) is 0 Å². The molecule has 0 aromatic heterocycles. The molecule has 0 bridgehead atoms. The van der Waals surface area contributed by atoms with Gasteiger partial charge in [0.2, 0.25) is 0 Å². The summed E-state index contributed by atoms with van der Waals surface area (Å²) >= 11 is 0. The molecule has 1 unspecified atom stereocenters. The van der Waals surface area contributed by atoms with Gasteiger partial charge in [0.05, 0.1) is 0 Å². The van der Waals surface area contributed by atoms with Gasteiger partial charge in [-0.05, 0) is 36.6 Å². The lowest BCUT2D eigenvalue weighted by atomic mass is 10.0. The van der Waals surface area contributed by atoms with Gasteiger partial charge >= 0.3 is 0 Å². The predicted molar refractivity (Wildman–Crippen MR) is 108 cm³/mol. The highest BCUT2D eigenvalue weighted by Crippen LogP contribution is 2.38. The molecule has 0 amide bonds. The Kier molecular flexibility index (Phi) is 5.70. The van der Waals surface area contributed by atoms with Crippen LogP contribution in [0.15, 0.2) is 78.9 Å². The van der Waals surface area contributed by atoms with Crippen molar-refractivity contribution in [1.82, 2.24) is 5.32 Å². The van der Waals surface area contributed by atoms with E-state index >= 15 is 0 Å². The Hall–Kier alpha value is -2.78. The largest absolute Gasteiger partial charge is 0.485 e. The Morgan fingerprint density at radius 3 is 2.04 bits per heavy atom. The number of rotatable bonds is 7. The Morgan fingerprint density at radius 2 is 1.41 bits per heavy atom. The number of ether oxygens (including phenoxy) is 2. The lowest BCUT2D eigenvalue weighted by Gasteiger charge is -2.20. The van der Waals surface area contributed by atoms with E-state index in [1.165, 1.54) is 12.0 Å². The summed E-state index contributed by atoms with van der Waals surface area (Å²) < 4.78 is 12.4. The van der Waals surface area contributed by atoms with Gasteiger partial charge in [-0.15, -0.1) is 0 Å². The molecule has 1 saturated heterocycles. The molecule has 138 valence electrons. The number of hydrogen-bond donors (Lipinski definition) is 1. The minimum absolute atomic E-state index is 0.330. The molecule has 1 atom stereocenters. The third-order valence-electron chi connectivity index (χ3n) is 4.91. The molecule has 3 aromatic rings. The summed E-state index contributed by atoms with van der Waals surface area (Å²) in [6, 6.07) is 27.0. The maximum absolute atomic E-state index is 6.29. The fourth-order valence-corrected chi connectivity index (χ4v) is 3.49. The molecule has 0 aliphatic carbocycles. The summed E-state index contributed by atoms with van der Waals surface area (Å²) in [5, 5.41) is 3.58. The molecule has 1 heterocycles. The molecular weight excluding hydrogens is 334 g/mol. The third kappa shape index (κ3) is 4.50. The number of benzene rings is 3. The van der Waals surface area contributed by atoms with E-state index in [4.69, 9.17) is 9.47 Å². The molecule has 0 spiro atoms. The minimum atomic E-state index is 0.330. The fourth-order valence-electron chi connectivity index (χ4n) is 3.49. The van der Waals surface area contributed by atoms with Crippen LogP contribution in [0.1, 0.15) is 35.6 Å². The predicted octanol–water partition coefficient (Wildman–Crippen LogP) is 5.27. The van der Waals surface area contributed by atoms with E-state index in [0.29, 0.717) is 19.3 Å². The van der Waals surface area contributed by atoms with E-state index in [9.17, 15) is 0 Å². The number of hydrogen-bond acceptors (Lipinski definition) is 3. The Balaban J connectivity index is 1.57. The van der Waals surface area contributed by atoms with Gasteiger partial charge in [-0.25, -0.2) is 0 Å². The van der Waals surface area contributed by atoms with Crippen molar-refractivity contribution in [1.29, 1.82) is 0 Å². The van der Waals surface area contributed by atoms with Crippen molar-refractivity contribution in [2.45, 2.75) is 32.1 Å². The zero-order valence-corrected chi connectivity index (χ0v) is 15.4. The highest BCUT2D eigenvalue weighted by atomic mass is 16.5. The van der Waals surface area contributed by atoms with E-state index in [1.807, 2.05) is 42.5 Å². The summed E-state index contributed by atoms with van der Waals surface area (Å²) in [5.74, 6) is 1.66. The van der Waals surface area contributed by atoms with Crippen LogP contribution in [0.25, 0.3) is 0 Å². The molecule has 1 fully saturated rings. The van der Waals surface area contributed by atoms with Crippen LogP contribution in [0, 0.1) is 0 Å². The first kappa shape index (κ1) is 17.6. The SMILES string of the molecule is c1ccc(COc2cccc(C3CCCN3)c2OCc2ccccc2)cc1. The van der Waals surface area contributed by atoms with Gasteiger partial charge in [0.15, 0.2) is 11.5 Å². The molecule has 1 N–H and O–H groups in total. The topological polar surface area (TPSA) is 30.5 Å². The summed E-state index contributed by atoms with van der Waals surface area (Å²) in [6.45, 7) is 2.12. The average Bonchev–Trinajstić information content (AvgIpc) is 3.27. The van der Waals surface area contributed by atoms with Crippen LogP contribution in [-0.4, -0.2) is 6.54 Å². The van der Waals surface area contributed by atoms with Crippen molar-refractivity contribution >= 4 is 0 Å². The fraction of sp³-hybridized carbons (Fsp3) is 0.250.